The van der Waals surface area contributed by atoms with Crippen LogP contribution in [0, 0.1) is 0 Å². The number of anilines is 1. The highest BCUT2D eigenvalue weighted by Crippen LogP contribution is 2.25. The molecule has 0 saturated heterocycles. The van der Waals surface area contributed by atoms with E-state index in [2.05, 4.69) is 31.1 Å². The molecule has 2 rings (SSSR count). The molecule has 1 aromatic heterocycles. The van der Waals surface area contributed by atoms with E-state index in [1.165, 1.54) is 0 Å². The first-order chi connectivity index (χ1) is 9.86. The largest absolute Gasteiger partial charge is 0.480 e. The summed E-state index contributed by atoms with van der Waals surface area (Å²) in [5, 5.41) is 12.1. The lowest BCUT2D eigenvalue weighted by atomic mass is 9.93. The van der Waals surface area contributed by atoms with Crippen molar-refractivity contribution < 1.29 is 9.90 Å². The van der Waals surface area contributed by atoms with Crippen LogP contribution in [0.3, 0.4) is 0 Å². The summed E-state index contributed by atoms with van der Waals surface area (Å²) in [7, 11) is 0. The van der Waals surface area contributed by atoms with Crippen molar-refractivity contribution in [3.63, 3.8) is 0 Å². The van der Waals surface area contributed by atoms with Gasteiger partial charge in [-0.3, -0.25) is 4.79 Å². The molecular weight excluding hydrogens is 284 g/mol. The molecule has 0 aliphatic rings. The van der Waals surface area contributed by atoms with E-state index < -0.39 is 5.97 Å². The van der Waals surface area contributed by atoms with E-state index in [4.69, 9.17) is 5.11 Å². The van der Waals surface area contributed by atoms with Gasteiger partial charge in [-0.25, -0.2) is 4.98 Å². The zero-order valence-corrected chi connectivity index (χ0v) is 13.4. The molecule has 2 aromatic rings. The lowest BCUT2D eigenvalue weighted by Crippen LogP contribution is -2.29. The van der Waals surface area contributed by atoms with Crippen molar-refractivity contribution in [3.05, 3.63) is 46.4 Å². The number of carboxylic acid groups (broad SMARTS) is 1. The Labute approximate surface area is 129 Å². The van der Waals surface area contributed by atoms with Crippen molar-refractivity contribution in [2.75, 3.05) is 11.4 Å². The lowest BCUT2D eigenvalue weighted by Gasteiger charge is -2.21. The maximum absolute atomic E-state index is 11.1. The highest BCUT2D eigenvalue weighted by atomic mass is 32.1. The summed E-state index contributed by atoms with van der Waals surface area (Å²) in [6, 6.07) is 9.57. The minimum absolute atomic E-state index is 0.0130. The van der Waals surface area contributed by atoms with Crippen molar-refractivity contribution in [1.29, 1.82) is 0 Å². The predicted octanol–water partition coefficient (Wildman–Crippen LogP) is 3.53. The number of para-hydroxylation sites is 1. The molecule has 1 heterocycles. The molecule has 0 atom stereocenters. The minimum Gasteiger partial charge on any atom is -0.480 e. The van der Waals surface area contributed by atoms with Crippen LogP contribution in [0.2, 0.25) is 0 Å². The Morgan fingerprint density at radius 1 is 1.29 bits per heavy atom. The zero-order valence-electron chi connectivity index (χ0n) is 12.5. The van der Waals surface area contributed by atoms with Gasteiger partial charge in [0.15, 0.2) is 0 Å². The van der Waals surface area contributed by atoms with E-state index in [0.29, 0.717) is 6.54 Å². The maximum atomic E-state index is 11.1. The minimum atomic E-state index is -0.841. The molecule has 1 N–H and O–H groups in total. The standard InChI is InChI=1S/C16H20N2O2S/c1-16(2,3)13-11-21-14(17-13)9-18(10-15(19)20)12-7-5-4-6-8-12/h4-8,11H,9-10H2,1-3H3,(H,19,20). The Balaban J connectivity index is 2.19. The van der Waals surface area contributed by atoms with Gasteiger partial charge in [-0.15, -0.1) is 11.3 Å². The first-order valence-electron chi connectivity index (χ1n) is 6.83. The molecule has 0 spiro atoms. The van der Waals surface area contributed by atoms with Gasteiger partial charge in [0, 0.05) is 16.5 Å². The number of aromatic nitrogens is 1. The van der Waals surface area contributed by atoms with Gasteiger partial charge in [-0.05, 0) is 12.1 Å². The fourth-order valence-electron chi connectivity index (χ4n) is 1.93. The summed E-state index contributed by atoms with van der Waals surface area (Å²) in [5.41, 5.74) is 1.96. The van der Waals surface area contributed by atoms with Crippen molar-refractivity contribution in [3.8, 4) is 0 Å². The lowest BCUT2D eigenvalue weighted by molar-refractivity contribution is -0.135. The van der Waals surface area contributed by atoms with E-state index in [0.717, 1.165) is 16.4 Å². The summed E-state index contributed by atoms with van der Waals surface area (Å²) in [4.78, 5) is 17.5. The molecule has 4 nitrogen and oxygen atoms in total. The van der Waals surface area contributed by atoms with Crippen LogP contribution in [0.15, 0.2) is 35.7 Å². The molecule has 0 aliphatic carbocycles. The second-order valence-corrected chi connectivity index (χ2v) is 6.90. The number of nitrogens with zero attached hydrogens (tertiary/aromatic N) is 2. The molecular formula is C16H20N2O2S. The molecule has 21 heavy (non-hydrogen) atoms. The third kappa shape index (κ3) is 4.29. The monoisotopic (exact) mass is 304 g/mol. The van der Waals surface area contributed by atoms with Crippen LogP contribution in [0.1, 0.15) is 31.5 Å². The number of aliphatic carboxylic acids is 1. The van der Waals surface area contributed by atoms with Crippen molar-refractivity contribution in [2.24, 2.45) is 0 Å². The smallest absolute Gasteiger partial charge is 0.323 e. The molecule has 0 aliphatic heterocycles. The SMILES string of the molecule is CC(C)(C)c1csc(CN(CC(=O)O)c2ccccc2)n1. The maximum Gasteiger partial charge on any atom is 0.323 e. The highest BCUT2D eigenvalue weighted by molar-refractivity contribution is 7.09. The van der Waals surface area contributed by atoms with E-state index in [1.807, 2.05) is 35.2 Å². The summed E-state index contributed by atoms with van der Waals surface area (Å²) < 4.78 is 0. The number of thiazole rings is 1. The molecule has 0 unspecified atom stereocenters. The van der Waals surface area contributed by atoms with Gasteiger partial charge in [-0.2, -0.15) is 0 Å². The summed E-state index contributed by atoms with van der Waals surface area (Å²) in [6.45, 7) is 6.85. The summed E-state index contributed by atoms with van der Waals surface area (Å²) in [5.74, 6) is -0.841. The third-order valence-electron chi connectivity index (χ3n) is 3.09. The average molecular weight is 304 g/mol. The second kappa shape index (κ2) is 6.26. The van der Waals surface area contributed by atoms with Crippen LogP contribution in [0.5, 0.6) is 0 Å². The molecule has 0 saturated carbocycles. The topological polar surface area (TPSA) is 53.4 Å². The molecule has 0 bridgehead atoms. The quantitative estimate of drug-likeness (QED) is 0.918. The number of carboxylic acids is 1. The van der Waals surface area contributed by atoms with E-state index in [9.17, 15) is 4.79 Å². The molecule has 0 fully saturated rings. The van der Waals surface area contributed by atoms with Crippen molar-refractivity contribution >= 4 is 23.0 Å². The Kier molecular flexibility index (Phi) is 4.63. The summed E-state index contributed by atoms with van der Waals surface area (Å²) >= 11 is 1.58. The average Bonchev–Trinajstić information content (AvgIpc) is 2.87. The van der Waals surface area contributed by atoms with Gasteiger partial charge in [-0.1, -0.05) is 39.0 Å². The molecule has 0 amide bonds. The first kappa shape index (κ1) is 15.5. The number of rotatable bonds is 5. The van der Waals surface area contributed by atoms with Crippen LogP contribution < -0.4 is 4.90 Å². The van der Waals surface area contributed by atoms with E-state index in [-0.39, 0.29) is 12.0 Å². The zero-order chi connectivity index (χ0) is 15.5. The third-order valence-corrected chi connectivity index (χ3v) is 3.93. The Morgan fingerprint density at radius 2 is 1.95 bits per heavy atom. The Bertz CT molecular complexity index is 602. The number of benzene rings is 1. The Hall–Kier alpha value is -1.88. The fraction of sp³-hybridized carbons (Fsp3) is 0.375. The number of carbonyl (C=O) groups is 1. The van der Waals surface area contributed by atoms with Crippen molar-refractivity contribution in [1.82, 2.24) is 4.98 Å². The van der Waals surface area contributed by atoms with Gasteiger partial charge < -0.3 is 10.0 Å². The molecule has 5 heteroatoms. The van der Waals surface area contributed by atoms with Gasteiger partial charge in [0.2, 0.25) is 0 Å². The first-order valence-corrected chi connectivity index (χ1v) is 7.71. The van der Waals surface area contributed by atoms with Crippen LogP contribution in [0.4, 0.5) is 5.69 Å². The normalized spacial score (nSPS) is 11.4. The Morgan fingerprint density at radius 3 is 2.48 bits per heavy atom. The van der Waals surface area contributed by atoms with Crippen LogP contribution in [-0.4, -0.2) is 22.6 Å². The number of hydrogen-bond acceptors (Lipinski definition) is 4. The summed E-state index contributed by atoms with van der Waals surface area (Å²) in [6.07, 6.45) is 0. The van der Waals surface area contributed by atoms with Crippen molar-refractivity contribution in [2.45, 2.75) is 32.7 Å². The van der Waals surface area contributed by atoms with Crippen LogP contribution in [-0.2, 0) is 16.8 Å². The molecule has 0 radical (unpaired) electrons. The predicted molar refractivity (Wildman–Crippen MR) is 85.9 cm³/mol. The highest BCUT2D eigenvalue weighted by Gasteiger charge is 2.19. The van der Waals surface area contributed by atoms with Crippen LogP contribution in [0.25, 0.3) is 0 Å². The molecule has 1 aromatic carbocycles. The van der Waals surface area contributed by atoms with Crippen LogP contribution >= 0.6 is 11.3 Å². The van der Waals surface area contributed by atoms with Gasteiger partial charge in [0.1, 0.15) is 11.6 Å². The second-order valence-electron chi connectivity index (χ2n) is 5.96. The fourth-order valence-corrected chi connectivity index (χ4v) is 2.97. The van der Waals surface area contributed by atoms with E-state index in [1.54, 1.807) is 11.3 Å². The number of hydrogen-bond donors (Lipinski definition) is 1. The van der Waals surface area contributed by atoms with Gasteiger partial charge >= 0.3 is 5.97 Å². The van der Waals surface area contributed by atoms with E-state index >= 15 is 0 Å². The van der Waals surface area contributed by atoms with Gasteiger partial charge in [0.25, 0.3) is 0 Å². The van der Waals surface area contributed by atoms with Gasteiger partial charge in [0.05, 0.1) is 12.2 Å². The molecule has 112 valence electrons.